The van der Waals surface area contributed by atoms with Crippen molar-refractivity contribution in [2.24, 2.45) is 51.3 Å². The number of nitrogens with two attached hydrogens (primary N) is 8. The fourth-order valence-corrected chi connectivity index (χ4v) is 3.37. The van der Waals surface area contributed by atoms with Crippen molar-refractivity contribution in [3.05, 3.63) is 0 Å². The lowest BCUT2D eigenvalue weighted by molar-refractivity contribution is 0.0752. The van der Waals surface area contributed by atoms with Gasteiger partial charge in [-0.2, -0.15) is 0 Å². The van der Waals surface area contributed by atoms with Crippen LogP contribution in [0, 0.1) is 5.41 Å². The van der Waals surface area contributed by atoms with Gasteiger partial charge >= 0.3 is 0 Å². The normalized spacial score (nSPS) is 20.6. The molecule has 0 saturated heterocycles. The van der Waals surface area contributed by atoms with Gasteiger partial charge in [0, 0.05) is 29.6 Å². The minimum absolute atomic E-state index is 0.313. The van der Waals surface area contributed by atoms with E-state index in [1.807, 2.05) is 0 Å². The summed E-state index contributed by atoms with van der Waals surface area (Å²) >= 11 is 0. The number of hydrogen-bond acceptors (Lipinski definition) is 8. The average Bonchev–Trinajstić information content (AvgIpc) is 2.40. The molecule has 8 heteroatoms. The van der Waals surface area contributed by atoms with E-state index in [1.165, 1.54) is 0 Å². The minimum Gasteiger partial charge on any atom is -0.330 e. The average molecular weight is 304 g/mol. The third kappa shape index (κ3) is 4.83. The van der Waals surface area contributed by atoms with Gasteiger partial charge in [0.1, 0.15) is 0 Å². The molecule has 0 aliphatic heterocycles. The molecule has 0 amide bonds. The Morgan fingerprint density at radius 1 is 0.476 bits per heavy atom. The lowest BCUT2D eigenvalue weighted by Crippen LogP contribution is -2.70. The van der Waals surface area contributed by atoms with Crippen LogP contribution in [0.3, 0.4) is 0 Å². The van der Waals surface area contributed by atoms with Crippen molar-refractivity contribution in [3.63, 3.8) is 0 Å². The summed E-state index contributed by atoms with van der Waals surface area (Å²) in [5.41, 5.74) is 47.7. The first-order valence-electron chi connectivity index (χ1n) is 7.75. The smallest absolute Gasteiger partial charge is 0.0309 e. The molecular weight excluding hydrogens is 268 g/mol. The number of rotatable bonds is 12. The zero-order valence-corrected chi connectivity index (χ0v) is 13.1. The first-order chi connectivity index (χ1) is 9.93. The van der Waals surface area contributed by atoms with Crippen LogP contribution in [0.25, 0.3) is 0 Å². The fourth-order valence-electron chi connectivity index (χ4n) is 3.37. The summed E-state index contributed by atoms with van der Waals surface area (Å²) in [6.45, 7) is 1.79. The van der Waals surface area contributed by atoms with Gasteiger partial charge in [0.15, 0.2) is 0 Å². The van der Waals surface area contributed by atoms with Crippen molar-refractivity contribution in [1.82, 2.24) is 0 Å². The van der Waals surface area contributed by atoms with Crippen LogP contribution in [0.4, 0.5) is 0 Å². The fraction of sp³-hybridized carbons (Fsp3) is 1.00. The van der Waals surface area contributed by atoms with Gasteiger partial charge < -0.3 is 45.9 Å². The van der Waals surface area contributed by atoms with Crippen LogP contribution in [0.5, 0.6) is 0 Å². The third-order valence-corrected chi connectivity index (χ3v) is 4.48. The molecule has 0 aliphatic rings. The van der Waals surface area contributed by atoms with E-state index in [2.05, 4.69) is 0 Å². The van der Waals surface area contributed by atoms with E-state index >= 15 is 0 Å². The summed E-state index contributed by atoms with van der Waals surface area (Å²) in [7, 11) is 0. The van der Waals surface area contributed by atoms with Crippen LogP contribution in [-0.4, -0.2) is 50.3 Å². The Bertz CT molecular complexity index is 209. The van der Waals surface area contributed by atoms with Crippen molar-refractivity contribution in [1.29, 1.82) is 0 Å². The highest BCUT2D eigenvalue weighted by Gasteiger charge is 2.50. The second kappa shape index (κ2) is 10.4. The van der Waals surface area contributed by atoms with Crippen molar-refractivity contribution in [2.45, 2.75) is 49.9 Å². The Balaban J connectivity index is 5.67. The lowest BCUT2D eigenvalue weighted by Gasteiger charge is -2.51. The van der Waals surface area contributed by atoms with Gasteiger partial charge in [0.25, 0.3) is 0 Å². The highest BCUT2D eigenvalue weighted by molar-refractivity contribution is 5.09. The molecule has 16 N–H and O–H groups in total. The Kier molecular flexibility index (Phi) is 10.3. The zero-order valence-electron chi connectivity index (χ0n) is 13.1. The summed E-state index contributed by atoms with van der Waals surface area (Å²) in [6, 6.07) is -1.25. The molecular formula is C13H36N8. The molecule has 0 radical (unpaired) electrons. The number of hydrogen-bond donors (Lipinski definition) is 8. The molecule has 0 saturated carbocycles. The van der Waals surface area contributed by atoms with Crippen LogP contribution in [0.1, 0.15) is 25.7 Å². The molecule has 0 heterocycles. The van der Waals surface area contributed by atoms with Gasteiger partial charge in [-0.3, -0.25) is 0 Å². The maximum Gasteiger partial charge on any atom is 0.0309 e. The minimum atomic E-state index is -0.669. The summed E-state index contributed by atoms with van der Waals surface area (Å²) in [6.07, 6.45) is 2.37. The quantitative estimate of drug-likeness (QED) is 0.182. The van der Waals surface area contributed by atoms with Gasteiger partial charge in [-0.1, -0.05) is 0 Å². The van der Waals surface area contributed by atoms with E-state index in [0.29, 0.717) is 51.9 Å². The largest absolute Gasteiger partial charge is 0.330 e. The molecule has 0 bridgehead atoms. The van der Waals surface area contributed by atoms with Crippen LogP contribution < -0.4 is 45.9 Å². The second-order valence-corrected chi connectivity index (χ2v) is 5.74. The van der Waals surface area contributed by atoms with Gasteiger partial charge in [-0.25, -0.2) is 0 Å². The highest BCUT2D eigenvalue weighted by atomic mass is 14.9. The molecule has 0 aromatic heterocycles. The Hall–Kier alpha value is -0.320. The SMILES string of the molecule is NCCC(N)C(C(N)CCN)(C(N)CCN)C(N)CCN. The van der Waals surface area contributed by atoms with Gasteiger partial charge in [-0.15, -0.1) is 0 Å². The van der Waals surface area contributed by atoms with E-state index in [0.717, 1.165) is 0 Å². The third-order valence-electron chi connectivity index (χ3n) is 4.48. The summed E-state index contributed by atoms with van der Waals surface area (Å²) in [5.74, 6) is 0. The highest BCUT2D eigenvalue weighted by Crippen LogP contribution is 2.36. The van der Waals surface area contributed by atoms with E-state index in [-0.39, 0.29) is 24.2 Å². The predicted octanol–water partition coefficient (Wildman–Crippen LogP) is -3.32. The van der Waals surface area contributed by atoms with Gasteiger partial charge in [0.05, 0.1) is 0 Å². The van der Waals surface area contributed by atoms with Crippen LogP contribution in [-0.2, 0) is 0 Å². The van der Waals surface area contributed by atoms with Crippen LogP contribution >= 0.6 is 0 Å². The molecule has 0 aromatic carbocycles. The summed E-state index contributed by atoms with van der Waals surface area (Å²) in [4.78, 5) is 0. The van der Waals surface area contributed by atoms with Crippen LogP contribution in [0.15, 0.2) is 0 Å². The zero-order chi connectivity index (χ0) is 16.5. The van der Waals surface area contributed by atoms with E-state index in [4.69, 9.17) is 45.9 Å². The molecule has 0 fully saturated rings. The monoisotopic (exact) mass is 304 g/mol. The topological polar surface area (TPSA) is 208 Å². The van der Waals surface area contributed by atoms with Crippen LogP contribution in [0.2, 0.25) is 0 Å². The molecule has 0 spiro atoms. The molecule has 0 rings (SSSR count). The Morgan fingerprint density at radius 3 is 0.810 bits per heavy atom. The van der Waals surface area contributed by atoms with Crippen molar-refractivity contribution in [3.8, 4) is 0 Å². The molecule has 8 nitrogen and oxygen atoms in total. The van der Waals surface area contributed by atoms with Gasteiger partial charge in [0.2, 0.25) is 0 Å². The molecule has 0 aliphatic carbocycles. The molecule has 128 valence electrons. The summed E-state index contributed by atoms with van der Waals surface area (Å²) < 4.78 is 0. The molecule has 4 unspecified atom stereocenters. The van der Waals surface area contributed by atoms with Gasteiger partial charge in [-0.05, 0) is 51.9 Å². The summed E-state index contributed by atoms with van der Waals surface area (Å²) in [5, 5.41) is 0. The van der Waals surface area contributed by atoms with E-state index < -0.39 is 5.41 Å². The lowest BCUT2D eigenvalue weighted by atomic mass is 9.61. The van der Waals surface area contributed by atoms with Crippen molar-refractivity contribution < 1.29 is 0 Å². The molecule has 4 atom stereocenters. The first-order valence-corrected chi connectivity index (χ1v) is 7.75. The van der Waals surface area contributed by atoms with E-state index in [1.54, 1.807) is 0 Å². The predicted molar refractivity (Wildman–Crippen MR) is 89.0 cm³/mol. The van der Waals surface area contributed by atoms with Crippen molar-refractivity contribution in [2.75, 3.05) is 26.2 Å². The second-order valence-electron chi connectivity index (χ2n) is 5.74. The standard InChI is InChI=1S/C13H36N8/c14-5-1-9(18)13(10(19)2-6-15,11(20)3-7-16)12(21)4-8-17/h9-12H,1-8,14-21H2. The van der Waals surface area contributed by atoms with E-state index in [9.17, 15) is 0 Å². The Labute approximate surface area is 128 Å². The Morgan fingerprint density at radius 2 is 0.667 bits per heavy atom. The van der Waals surface area contributed by atoms with Crippen molar-refractivity contribution >= 4 is 0 Å². The maximum atomic E-state index is 6.41. The maximum absolute atomic E-state index is 6.41. The molecule has 21 heavy (non-hydrogen) atoms. The first kappa shape index (κ1) is 20.7. The molecule has 0 aromatic rings.